The van der Waals surface area contributed by atoms with Crippen molar-refractivity contribution in [2.45, 2.75) is 51.7 Å². The van der Waals surface area contributed by atoms with Crippen LogP contribution in [0.25, 0.3) is 0 Å². The third-order valence-corrected chi connectivity index (χ3v) is 7.51. The Bertz CT molecular complexity index is 933. The first-order valence-corrected chi connectivity index (χ1v) is 12.2. The van der Waals surface area contributed by atoms with E-state index in [-0.39, 0.29) is 17.9 Å². The van der Waals surface area contributed by atoms with Gasteiger partial charge in [-0.1, -0.05) is 17.7 Å². The third-order valence-electron chi connectivity index (χ3n) is 6.40. The molecule has 0 N–H and O–H groups in total. The summed E-state index contributed by atoms with van der Waals surface area (Å²) in [4.78, 5) is 31.1. The number of thiophene rings is 1. The summed E-state index contributed by atoms with van der Waals surface area (Å²) in [7, 11) is 0. The molecule has 0 radical (unpaired) electrons. The van der Waals surface area contributed by atoms with Crippen molar-refractivity contribution in [2.75, 3.05) is 19.6 Å². The summed E-state index contributed by atoms with van der Waals surface area (Å²) in [6, 6.07) is 9.62. The largest absolute Gasteiger partial charge is 0.481 e. The fraction of sp³-hybridized carbons (Fsp3) is 0.500. The molecule has 4 rings (SSSR count). The standard InChI is InChI=1S/C24H29ClN2O3S/c1-16-13-19(25)7-8-22(16)30-17(2)24(29)27-10-3-5-18-15-26(11-9-21(18)27)23(28)14-20-6-4-12-31-20/h4,6-8,12-13,17-18,21H,3,5,9-11,14-15H2,1-2H3/t17-,18-,21+/m1/s1. The Morgan fingerprint density at radius 2 is 2.10 bits per heavy atom. The zero-order valence-electron chi connectivity index (χ0n) is 18.1. The number of halogens is 1. The van der Waals surface area contributed by atoms with E-state index in [9.17, 15) is 9.59 Å². The van der Waals surface area contributed by atoms with Crippen molar-refractivity contribution in [2.24, 2.45) is 5.92 Å². The average molecular weight is 461 g/mol. The van der Waals surface area contributed by atoms with Gasteiger partial charge in [-0.15, -0.1) is 11.3 Å². The molecule has 31 heavy (non-hydrogen) atoms. The molecule has 0 saturated carbocycles. The van der Waals surface area contributed by atoms with Crippen LogP contribution in [0.1, 0.15) is 36.6 Å². The van der Waals surface area contributed by atoms with E-state index in [1.165, 1.54) is 0 Å². The van der Waals surface area contributed by atoms with Gasteiger partial charge in [-0.05, 0) is 74.2 Å². The zero-order valence-corrected chi connectivity index (χ0v) is 19.6. The van der Waals surface area contributed by atoms with Crippen LogP contribution < -0.4 is 4.74 Å². The van der Waals surface area contributed by atoms with E-state index in [4.69, 9.17) is 16.3 Å². The molecule has 2 fully saturated rings. The second-order valence-electron chi connectivity index (χ2n) is 8.56. The molecule has 3 atom stereocenters. The summed E-state index contributed by atoms with van der Waals surface area (Å²) < 4.78 is 6.00. The highest BCUT2D eigenvalue weighted by Crippen LogP contribution is 2.32. The number of amides is 2. The Balaban J connectivity index is 1.38. The average Bonchev–Trinajstić information content (AvgIpc) is 3.27. The van der Waals surface area contributed by atoms with Crippen molar-refractivity contribution < 1.29 is 14.3 Å². The maximum atomic E-state index is 13.3. The second-order valence-corrected chi connectivity index (χ2v) is 10.0. The molecule has 0 bridgehead atoms. The Hall–Kier alpha value is -2.05. The fourth-order valence-corrected chi connectivity index (χ4v) is 5.72. The molecule has 2 aliphatic rings. The first kappa shape index (κ1) is 22.2. The van der Waals surface area contributed by atoms with Crippen LogP contribution in [0.15, 0.2) is 35.7 Å². The number of aryl methyl sites for hydroxylation is 1. The Morgan fingerprint density at radius 1 is 1.26 bits per heavy atom. The highest BCUT2D eigenvalue weighted by Gasteiger charge is 2.40. The molecule has 7 heteroatoms. The smallest absolute Gasteiger partial charge is 0.263 e. The van der Waals surface area contributed by atoms with Gasteiger partial charge in [0.05, 0.1) is 6.42 Å². The summed E-state index contributed by atoms with van der Waals surface area (Å²) >= 11 is 7.66. The van der Waals surface area contributed by atoms with E-state index < -0.39 is 6.10 Å². The van der Waals surface area contributed by atoms with Crippen LogP contribution in [0, 0.1) is 12.8 Å². The van der Waals surface area contributed by atoms with Crippen LogP contribution in [0.3, 0.4) is 0 Å². The van der Waals surface area contributed by atoms with Gasteiger partial charge in [-0.25, -0.2) is 0 Å². The van der Waals surface area contributed by atoms with Crippen molar-refractivity contribution in [3.63, 3.8) is 0 Å². The topological polar surface area (TPSA) is 49.9 Å². The van der Waals surface area contributed by atoms with Gasteiger partial charge in [0.15, 0.2) is 6.10 Å². The van der Waals surface area contributed by atoms with Crippen LogP contribution in [0.5, 0.6) is 5.75 Å². The fourth-order valence-electron chi connectivity index (χ4n) is 4.80. The van der Waals surface area contributed by atoms with Crippen molar-refractivity contribution >= 4 is 34.8 Å². The highest BCUT2D eigenvalue weighted by molar-refractivity contribution is 7.10. The number of carbonyl (C=O) groups excluding carboxylic acids is 2. The molecule has 1 aromatic carbocycles. The Morgan fingerprint density at radius 3 is 2.84 bits per heavy atom. The number of carbonyl (C=O) groups is 2. The molecule has 2 aliphatic heterocycles. The molecule has 5 nitrogen and oxygen atoms in total. The van der Waals surface area contributed by atoms with E-state index in [2.05, 4.69) is 0 Å². The van der Waals surface area contributed by atoms with Gasteiger partial charge < -0.3 is 14.5 Å². The van der Waals surface area contributed by atoms with Gasteiger partial charge in [-0.3, -0.25) is 9.59 Å². The lowest BCUT2D eigenvalue weighted by Crippen LogP contribution is -2.58. The molecule has 2 saturated heterocycles. The van der Waals surface area contributed by atoms with Crippen molar-refractivity contribution in [3.05, 3.63) is 51.2 Å². The first-order chi connectivity index (χ1) is 14.9. The highest BCUT2D eigenvalue weighted by atomic mass is 35.5. The lowest BCUT2D eigenvalue weighted by molar-refractivity contribution is -0.147. The van der Waals surface area contributed by atoms with Crippen LogP contribution >= 0.6 is 22.9 Å². The minimum atomic E-state index is -0.558. The Labute approximate surface area is 192 Å². The lowest BCUT2D eigenvalue weighted by Gasteiger charge is -2.47. The number of nitrogens with zero attached hydrogens (tertiary/aromatic N) is 2. The summed E-state index contributed by atoms with van der Waals surface area (Å²) in [5.41, 5.74) is 0.918. The van der Waals surface area contributed by atoms with Gasteiger partial charge in [0.1, 0.15) is 5.75 Å². The van der Waals surface area contributed by atoms with Gasteiger partial charge in [0.2, 0.25) is 5.91 Å². The molecule has 166 valence electrons. The zero-order chi connectivity index (χ0) is 22.0. The molecular formula is C24H29ClN2O3S. The Kier molecular flexibility index (Phi) is 6.87. The first-order valence-electron chi connectivity index (χ1n) is 11.0. The van der Waals surface area contributed by atoms with Gasteiger partial charge in [0.25, 0.3) is 5.91 Å². The van der Waals surface area contributed by atoms with Crippen LogP contribution in [0.4, 0.5) is 0 Å². The van der Waals surface area contributed by atoms with E-state index in [1.54, 1.807) is 17.4 Å². The van der Waals surface area contributed by atoms with Gasteiger partial charge in [0, 0.05) is 35.6 Å². The molecular weight excluding hydrogens is 432 g/mol. The monoisotopic (exact) mass is 460 g/mol. The second kappa shape index (κ2) is 9.61. The molecule has 0 spiro atoms. The maximum Gasteiger partial charge on any atom is 0.263 e. The van der Waals surface area contributed by atoms with Gasteiger partial charge >= 0.3 is 0 Å². The van der Waals surface area contributed by atoms with Crippen molar-refractivity contribution in [3.8, 4) is 5.75 Å². The number of benzene rings is 1. The van der Waals surface area contributed by atoms with Crippen LogP contribution in [-0.2, 0) is 16.0 Å². The van der Waals surface area contributed by atoms with E-state index in [0.29, 0.717) is 29.7 Å². The molecule has 3 heterocycles. The molecule has 1 aromatic heterocycles. The number of ether oxygens (including phenoxy) is 1. The molecule has 0 unspecified atom stereocenters. The van der Waals surface area contributed by atoms with E-state index in [1.807, 2.05) is 53.3 Å². The number of hydrogen-bond acceptors (Lipinski definition) is 4. The predicted octanol–water partition coefficient (Wildman–Crippen LogP) is 4.56. The van der Waals surface area contributed by atoms with Gasteiger partial charge in [-0.2, -0.15) is 0 Å². The predicted molar refractivity (Wildman–Crippen MR) is 124 cm³/mol. The maximum absolute atomic E-state index is 13.3. The van der Waals surface area contributed by atoms with E-state index >= 15 is 0 Å². The van der Waals surface area contributed by atoms with Crippen LogP contribution in [0.2, 0.25) is 5.02 Å². The molecule has 0 aliphatic carbocycles. The number of piperidine rings is 2. The lowest BCUT2D eigenvalue weighted by atomic mass is 9.83. The summed E-state index contributed by atoms with van der Waals surface area (Å²) in [5, 5.41) is 2.66. The third kappa shape index (κ3) is 5.07. The summed E-state index contributed by atoms with van der Waals surface area (Å²) in [6.07, 6.45) is 2.77. The minimum Gasteiger partial charge on any atom is -0.481 e. The molecule has 2 amide bonds. The quantitative estimate of drug-likeness (QED) is 0.657. The number of hydrogen-bond donors (Lipinski definition) is 0. The molecule has 2 aromatic rings. The number of likely N-dealkylation sites (tertiary alicyclic amines) is 2. The van der Waals surface area contributed by atoms with Crippen LogP contribution in [-0.4, -0.2) is 53.4 Å². The summed E-state index contributed by atoms with van der Waals surface area (Å²) in [6.45, 7) is 5.96. The normalized spacial score (nSPS) is 22.0. The number of rotatable bonds is 5. The summed E-state index contributed by atoms with van der Waals surface area (Å²) in [5.74, 6) is 1.25. The number of fused-ring (bicyclic) bond motifs is 1. The van der Waals surface area contributed by atoms with E-state index in [0.717, 1.165) is 42.8 Å². The van der Waals surface area contributed by atoms with Crippen molar-refractivity contribution in [1.82, 2.24) is 9.80 Å². The minimum absolute atomic E-state index is 0.0300. The SMILES string of the molecule is Cc1cc(Cl)ccc1O[C@H](C)C(=O)N1CCC[C@@H]2CN(C(=O)Cc3cccs3)CC[C@@H]21. The van der Waals surface area contributed by atoms with Crippen molar-refractivity contribution in [1.29, 1.82) is 0 Å².